The Balaban J connectivity index is 0.734. The van der Waals surface area contributed by atoms with Gasteiger partial charge in [0.1, 0.15) is 24.0 Å². The number of aryl methyl sites for hydroxylation is 1. The van der Waals surface area contributed by atoms with Crippen LogP contribution in [0, 0.1) is 36.2 Å². The van der Waals surface area contributed by atoms with Gasteiger partial charge in [0, 0.05) is 81.3 Å². The van der Waals surface area contributed by atoms with Crippen LogP contribution in [0.5, 0.6) is 11.5 Å². The molecule has 5 aromatic rings. The number of aromatic nitrogens is 2. The molecule has 5 aliphatic rings. The number of fused-ring (bicyclic) bond motifs is 2. The molecule has 0 radical (unpaired) electrons. The van der Waals surface area contributed by atoms with Gasteiger partial charge in [0.2, 0.25) is 17.7 Å². The second-order valence-corrected chi connectivity index (χ2v) is 21.0. The van der Waals surface area contributed by atoms with Crippen molar-refractivity contribution in [1.29, 1.82) is 0 Å². The molecule has 5 heterocycles. The summed E-state index contributed by atoms with van der Waals surface area (Å²) in [5.74, 6) is -2.58. The molecule has 15 nitrogen and oxygen atoms in total. The molecule has 4 fully saturated rings. The van der Waals surface area contributed by atoms with Crippen LogP contribution in [0.1, 0.15) is 109 Å². The summed E-state index contributed by atoms with van der Waals surface area (Å²) in [4.78, 5) is 57.0. The zero-order valence-corrected chi connectivity index (χ0v) is 42.2. The number of ether oxygens (including phenoxy) is 2. The average molecular weight is 1020 g/mol. The van der Waals surface area contributed by atoms with Crippen LogP contribution in [-0.2, 0) is 22.2 Å². The van der Waals surface area contributed by atoms with Crippen LogP contribution in [0.3, 0.4) is 0 Å². The number of urea groups is 1. The van der Waals surface area contributed by atoms with Gasteiger partial charge in [0.25, 0.3) is 0 Å². The second-order valence-electron chi connectivity index (χ2n) is 21.0. The number of carbonyl (C=O) groups is 4. The Kier molecular flexibility index (Phi) is 14.5. The molecule has 4 aromatic carbocycles. The molecule has 4 aliphatic heterocycles. The minimum atomic E-state index is -1.06. The van der Waals surface area contributed by atoms with E-state index in [-0.39, 0.29) is 101 Å². The van der Waals surface area contributed by atoms with Gasteiger partial charge in [-0.3, -0.25) is 29.3 Å². The standard InChI is InChI=1S/C56H65F3N8O7/c1-32-41(57)29-45-48(47(32)49-40(52(60)70)13-14-44(51(49)59)73-26-25-68)33(2)56(74-45,38-7-5-4-6-8-38)31-61-39-11-9-36(10-12-39)54(71)66-22-15-34(16-23-66)30-65-20-17-35(18-21-65)37-27-42(58)50-43(28-37)64(3)63-53(50)67-24-19-46(69)62-55(67)72/h4-8,13-14,27-29,33-36,39,61,68H,9-12,15-26,30-31H2,1-3H3,(H2,60,70)(H,62,69,72)/t33-,36?,39?,56-/m0/s1. The number of imide groups is 1. The first-order valence-electron chi connectivity index (χ1n) is 26.1. The van der Waals surface area contributed by atoms with Crippen LogP contribution in [-0.4, -0.2) is 114 Å². The molecule has 0 bridgehead atoms. The number of aliphatic hydroxyl groups is 1. The van der Waals surface area contributed by atoms with Crippen LogP contribution in [0.4, 0.5) is 23.8 Å². The molecule has 3 saturated heterocycles. The first-order valence-corrected chi connectivity index (χ1v) is 26.1. The van der Waals surface area contributed by atoms with Crippen molar-refractivity contribution < 1.29 is 46.9 Å². The van der Waals surface area contributed by atoms with E-state index in [1.165, 1.54) is 23.1 Å². The van der Waals surface area contributed by atoms with Gasteiger partial charge in [0.05, 0.1) is 23.1 Å². The lowest BCUT2D eigenvalue weighted by Gasteiger charge is -2.40. The minimum absolute atomic E-state index is 0.0606. The summed E-state index contributed by atoms with van der Waals surface area (Å²) in [6.45, 7) is 7.68. The van der Waals surface area contributed by atoms with Crippen LogP contribution >= 0.6 is 0 Å². The van der Waals surface area contributed by atoms with E-state index in [1.54, 1.807) is 24.7 Å². The highest BCUT2D eigenvalue weighted by Gasteiger charge is 2.50. The van der Waals surface area contributed by atoms with E-state index in [2.05, 4.69) is 25.5 Å². The van der Waals surface area contributed by atoms with Gasteiger partial charge in [-0.2, -0.15) is 5.10 Å². The fourth-order valence-corrected chi connectivity index (χ4v) is 12.5. The molecule has 74 heavy (non-hydrogen) atoms. The summed E-state index contributed by atoms with van der Waals surface area (Å²) in [6, 6.07) is 16.7. The number of nitrogens with one attached hydrogen (secondary N) is 2. The van der Waals surface area contributed by atoms with Gasteiger partial charge in [-0.1, -0.05) is 37.3 Å². The summed E-state index contributed by atoms with van der Waals surface area (Å²) < 4.78 is 62.3. The number of benzene rings is 4. The first-order chi connectivity index (χ1) is 35.6. The number of likely N-dealkylation sites (tertiary alicyclic amines) is 2. The summed E-state index contributed by atoms with van der Waals surface area (Å²) in [5, 5.41) is 20.2. The minimum Gasteiger partial charge on any atom is -0.488 e. The number of nitrogens with zero attached hydrogens (tertiary/aromatic N) is 5. The monoisotopic (exact) mass is 1020 g/mol. The Morgan fingerprint density at radius 2 is 1.65 bits per heavy atom. The molecule has 2 atom stereocenters. The van der Waals surface area contributed by atoms with E-state index >= 15 is 13.2 Å². The van der Waals surface area contributed by atoms with E-state index in [0.29, 0.717) is 23.5 Å². The first kappa shape index (κ1) is 51.0. The van der Waals surface area contributed by atoms with Crippen molar-refractivity contribution in [2.24, 2.45) is 24.6 Å². The Hall–Kier alpha value is -6.50. The molecular weight excluding hydrogens is 954 g/mol. The number of hydrogen-bond acceptors (Lipinski definition) is 10. The molecule has 392 valence electrons. The maximum absolute atomic E-state index is 16.5. The summed E-state index contributed by atoms with van der Waals surface area (Å²) >= 11 is 0. The highest BCUT2D eigenvalue weighted by molar-refractivity contribution is 6.09. The number of aliphatic hydroxyl groups excluding tert-OH is 1. The molecular formula is C56H65F3N8O7. The predicted octanol–water partition coefficient (Wildman–Crippen LogP) is 7.54. The lowest BCUT2D eigenvalue weighted by Crippen LogP contribution is -2.49. The fraction of sp³-hybridized carbons (Fsp3) is 0.482. The van der Waals surface area contributed by atoms with Crippen molar-refractivity contribution in [3.05, 3.63) is 106 Å². The Labute approximate surface area is 428 Å². The van der Waals surface area contributed by atoms with Gasteiger partial charge in [-0.05, 0) is 130 Å². The maximum Gasteiger partial charge on any atom is 0.329 e. The molecule has 5 amide bonds. The van der Waals surface area contributed by atoms with Crippen molar-refractivity contribution in [2.45, 2.75) is 95.1 Å². The number of primary amides is 1. The Bertz CT molecular complexity index is 2970. The third-order valence-electron chi connectivity index (χ3n) is 16.6. The molecule has 1 aliphatic carbocycles. The van der Waals surface area contributed by atoms with Crippen LogP contribution in [0.2, 0.25) is 0 Å². The predicted molar refractivity (Wildman–Crippen MR) is 272 cm³/mol. The number of rotatable bonds is 14. The molecule has 0 spiro atoms. The number of halogens is 3. The Morgan fingerprint density at radius 1 is 0.919 bits per heavy atom. The maximum atomic E-state index is 16.5. The van der Waals surface area contributed by atoms with Crippen molar-refractivity contribution >= 4 is 40.5 Å². The largest absolute Gasteiger partial charge is 0.488 e. The number of carbonyl (C=O) groups excluding carboxylic acids is 4. The van der Waals surface area contributed by atoms with Crippen LogP contribution < -0.4 is 30.7 Å². The molecule has 10 rings (SSSR count). The van der Waals surface area contributed by atoms with Gasteiger partial charge >= 0.3 is 6.03 Å². The summed E-state index contributed by atoms with van der Waals surface area (Å²) in [6.07, 6.45) is 6.87. The number of amides is 5. The zero-order chi connectivity index (χ0) is 52.0. The fourth-order valence-electron chi connectivity index (χ4n) is 12.5. The second kappa shape index (κ2) is 21.0. The average Bonchev–Trinajstić information content (AvgIpc) is 3.89. The van der Waals surface area contributed by atoms with Crippen LogP contribution in [0.15, 0.2) is 60.7 Å². The van der Waals surface area contributed by atoms with Gasteiger partial charge in [-0.25, -0.2) is 18.0 Å². The van der Waals surface area contributed by atoms with E-state index in [9.17, 15) is 24.3 Å². The van der Waals surface area contributed by atoms with E-state index in [0.717, 1.165) is 95.2 Å². The van der Waals surface area contributed by atoms with E-state index in [1.807, 2.05) is 43.3 Å². The normalized spacial score (nSPS) is 23.0. The number of hydrogen-bond donors (Lipinski definition) is 4. The third-order valence-corrected chi connectivity index (χ3v) is 16.6. The Morgan fingerprint density at radius 3 is 2.34 bits per heavy atom. The number of nitrogens with two attached hydrogens (primary N) is 1. The highest BCUT2D eigenvalue weighted by Crippen LogP contribution is 2.56. The quantitative estimate of drug-likeness (QED) is 0.0867. The third kappa shape index (κ3) is 9.60. The van der Waals surface area contributed by atoms with E-state index in [4.69, 9.17) is 15.2 Å². The molecule has 1 saturated carbocycles. The molecule has 0 unspecified atom stereocenters. The van der Waals surface area contributed by atoms with Gasteiger partial charge in [-0.15, -0.1) is 0 Å². The van der Waals surface area contributed by atoms with Gasteiger partial charge < -0.3 is 35.4 Å². The van der Waals surface area contributed by atoms with Crippen molar-refractivity contribution in [3.8, 4) is 22.6 Å². The topological polar surface area (TPSA) is 185 Å². The van der Waals surface area contributed by atoms with Crippen molar-refractivity contribution in [1.82, 2.24) is 30.2 Å². The van der Waals surface area contributed by atoms with Crippen molar-refractivity contribution in [2.75, 3.05) is 63.9 Å². The molecule has 5 N–H and O–H groups in total. The highest BCUT2D eigenvalue weighted by atomic mass is 19.1. The molecule has 18 heteroatoms. The lowest BCUT2D eigenvalue weighted by atomic mass is 9.76. The SMILES string of the molecule is Cc1c(F)cc2c(c1-c1c(C(N)=O)ccc(OCCO)c1F)[C@H](C)[C@@](CNC1CCC(C(=O)N3CCC(CN4CCC(c5cc(F)c6c(N7CCC(=O)NC7=O)nn(C)c6c5)CC4)CC3)CC1)(c1ccccc1)O2. The van der Waals surface area contributed by atoms with E-state index < -0.39 is 40.9 Å². The lowest BCUT2D eigenvalue weighted by molar-refractivity contribution is -0.138. The summed E-state index contributed by atoms with van der Waals surface area (Å²) in [7, 11) is 1.74. The smallest absolute Gasteiger partial charge is 0.329 e. The van der Waals surface area contributed by atoms with Crippen LogP contribution in [0.25, 0.3) is 22.0 Å². The summed E-state index contributed by atoms with van der Waals surface area (Å²) in [5.41, 5.74) is 7.65. The molecule has 1 aromatic heterocycles. The number of piperidine rings is 2. The van der Waals surface area contributed by atoms with Gasteiger partial charge in [0.15, 0.2) is 23.0 Å². The zero-order valence-electron chi connectivity index (χ0n) is 42.2. The van der Waals surface area contributed by atoms with Crippen molar-refractivity contribution in [3.63, 3.8) is 0 Å². The number of anilines is 1.